The summed E-state index contributed by atoms with van der Waals surface area (Å²) < 4.78 is 1.82. The molecule has 0 bridgehead atoms. The Kier molecular flexibility index (Phi) is 6.32. The summed E-state index contributed by atoms with van der Waals surface area (Å²) in [4.78, 5) is 13.5. The second kappa shape index (κ2) is 9.47. The molecule has 1 aliphatic rings. The van der Waals surface area contributed by atoms with E-state index in [0.717, 1.165) is 28.9 Å². The van der Waals surface area contributed by atoms with E-state index in [0.29, 0.717) is 6.54 Å². The zero-order valence-corrected chi connectivity index (χ0v) is 16.7. The first-order valence-electron chi connectivity index (χ1n) is 10.1. The second-order valence-electron chi connectivity index (χ2n) is 7.53. The van der Waals surface area contributed by atoms with Crippen LogP contribution in [-0.2, 0) is 17.9 Å². The van der Waals surface area contributed by atoms with Gasteiger partial charge in [0.05, 0.1) is 12.7 Å². The summed E-state index contributed by atoms with van der Waals surface area (Å²) in [6.45, 7) is 4.03. The molecule has 0 spiro atoms. The standard InChI is InChI=1S/C23H25N5O2/c29-23(25-30)12-9-18-3-5-20(6-4-18)16-28-17-22(24-26-28)21-10-7-19(8-11-21)15-27-13-1-2-14-27/h3-12,17,30H,1-2,13-16H2,(H,25,29)/b12-9+. The molecule has 0 atom stereocenters. The molecule has 7 nitrogen and oxygen atoms in total. The van der Waals surface area contributed by atoms with Crippen LogP contribution in [0.3, 0.4) is 0 Å². The topological polar surface area (TPSA) is 83.3 Å². The highest BCUT2D eigenvalue weighted by atomic mass is 16.5. The predicted molar refractivity (Wildman–Crippen MR) is 114 cm³/mol. The molecule has 1 fully saturated rings. The van der Waals surface area contributed by atoms with E-state index in [9.17, 15) is 4.79 Å². The van der Waals surface area contributed by atoms with E-state index in [1.54, 1.807) is 11.6 Å². The number of likely N-dealkylation sites (tertiary alicyclic amines) is 1. The third-order valence-electron chi connectivity index (χ3n) is 5.25. The van der Waals surface area contributed by atoms with E-state index < -0.39 is 5.91 Å². The van der Waals surface area contributed by atoms with Gasteiger partial charge in [-0.3, -0.25) is 14.9 Å². The largest absolute Gasteiger partial charge is 0.299 e. The van der Waals surface area contributed by atoms with Crippen molar-refractivity contribution in [2.45, 2.75) is 25.9 Å². The molecule has 1 amide bonds. The van der Waals surface area contributed by atoms with Gasteiger partial charge in [0.2, 0.25) is 0 Å². The van der Waals surface area contributed by atoms with Crippen LogP contribution in [0, 0.1) is 0 Å². The lowest BCUT2D eigenvalue weighted by atomic mass is 10.1. The van der Waals surface area contributed by atoms with Crippen LogP contribution < -0.4 is 5.48 Å². The van der Waals surface area contributed by atoms with Crippen LogP contribution in [0.2, 0.25) is 0 Å². The minimum atomic E-state index is -0.557. The minimum absolute atomic E-state index is 0.557. The van der Waals surface area contributed by atoms with Crippen LogP contribution in [0.15, 0.2) is 60.8 Å². The van der Waals surface area contributed by atoms with E-state index in [2.05, 4.69) is 39.5 Å². The summed E-state index contributed by atoms with van der Waals surface area (Å²) in [7, 11) is 0. The van der Waals surface area contributed by atoms with Gasteiger partial charge in [-0.2, -0.15) is 0 Å². The molecule has 30 heavy (non-hydrogen) atoms. The Hall–Kier alpha value is -3.29. The Morgan fingerprint density at radius 2 is 1.67 bits per heavy atom. The van der Waals surface area contributed by atoms with E-state index in [-0.39, 0.29) is 0 Å². The van der Waals surface area contributed by atoms with E-state index in [1.165, 1.54) is 37.6 Å². The van der Waals surface area contributed by atoms with Gasteiger partial charge in [0.15, 0.2) is 0 Å². The quantitative estimate of drug-likeness (QED) is 0.360. The number of aromatic nitrogens is 3. The van der Waals surface area contributed by atoms with Gasteiger partial charge in [-0.25, -0.2) is 10.2 Å². The number of carbonyl (C=O) groups excluding carboxylic acids is 1. The van der Waals surface area contributed by atoms with E-state index >= 15 is 0 Å². The first-order chi connectivity index (χ1) is 14.7. The summed E-state index contributed by atoms with van der Waals surface area (Å²) >= 11 is 0. The molecular weight excluding hydrogens is 378 g/mol. The lowest BCUT2D eigenvalue weighted by Gasteiger charge is -2.14. The number of benzene rings is 2. The van der Waals surface area contributed by atoms with Crippen molar-refractivity contribution < 1.29 is 10.0 Å². The molecule has 2 N–H and O–H groups in total. The molecule has 0 unspecified atom stereocenters. The minimum Gasteiger partial charge on any atom is -0.299 e. The third-order valence-corrected chi connectivity index (χ3v) is 5.25. The Morgan fingerprint density at radius 1 is 1.00 bits per heavy atom. The van der Waals surface area contributed by atoms with Gasteiger partial charge in [-0.05, 0) is 48.7 Å². The summed E-state index contributed by atoms with van der Waals surface area (Å²) in [6, 6.07) is 16.4. The molecule has 3 aromatic rings. The second-order valence-corrected chi connectivity index (χ2v) is 7.53. The van der Waals surface area contributed by atoms with Crippen LogP contribution in [0.25, 0.3) is 17.3 Å². The van der Waals surface area contributed by atoms with Crippen molar-refractivity contribution in [1.82, 2.24) is 25.4 Å². The van der Waals surface area contributed by atoms with Gasteiger partial charge in [-0.15, -0.1) is 5.10 Å². The number of amides is 1. The molecule has 154 valence electrons. The molecule has 7 heteroatoms. The fourth-order valence-corrected chi connectivity index (χ4v) is 3.62. The monoisotopic (exact) mass is 403 g/mol. The molecule has 1 aliphatic heterocycles. The molecule has 4 rings (SSSR count). The average molecular weight is 403 g/mol. The van der Waals surface area contributed by atoms with E-state index in [1.807, 2.05) is 35.1 Å². The molecule has 1 saturated heterocycles. The lowest BCUT2D eigenvalue weighted by Crippen LogP contribution is -2.18. The number of hydroxylamine groups is 1. The van der Waals surface area contributed by atoms with Gasteiger partial charge in [-0.1, -0.05) is 53.7 Å². The Labute approximate surface area is 175 Å². The molecule has 0 radical (unpaired) electrons. The van der Waals surface area contributed by atoms with Gasteiger partial charge in [0.25, 0.3) is 5.91 Å². The molecule has 0 saturated carbocycles. The maximum Gasteiger partial charge on any atom is 0.267 e. The summed E-state index contributed by atoms with van der Waals surface area (Å²) in [6.07, 6.45) is 7.48. The summed E-state index contributed by atoms with van der Waals surface area (Å²) in [5, 5.41) is 17.1. The van der Waals surface area contributed by atoms with E-state index in [4.69, 9.17) is 5.21 Å². The molecule has 2 heterocycles. The van der Waals surface area contributed by atoms with Crippen LogP contribution >= 0.6 is 0 Å². The number of carbonyl (C=O) groups is 1. The zero-order chi connectivity index (χ0) is 20.8. The molecule has 2 aromatic carbocycles. The highest BCUT2D eigenvalue weighted by molar-refractivity contribution is 5.90. The van der Waals surface area contributed by atoms with Gasteiger partial charge in [0, 0.05) is 18.2 Å². The number of nitrogens with one attached hydrogen (secondary N) is 1. The zero-order valence-electron chi connectivity index (χ0n) is 16.7. The lowest BCUT2D eigenvalue weighted by molar-refractivity contribution is -0.124. The van der Waals surface area contributed by atoms with Crippen molar-refractivity contribution >= 4 is 12.0 Å². The third kappa shape index (κ3) is 5.20. The van der Waals surface area contributed by atoms with Gasteiger partial charge < -0.3 is 0 Å². The highest BCUT2D eigenvalue weighted by Crippen LogP contribution is 2.19. The molecule has 1 aromatic heterocycles. The number of nitrogens with zero attached hydrogens (tertiary/aromatic N) is 4. The predicted octanol–water partition coefficient (Wildman–Crippen LogP) is 3.11. The van der Waals surface area contributed by atoms with Gasteiger partial charge >= 0.3 is 0 Å². The Morgan fingerprint density at radius 3 is 2.37 bits per heavy atom. The SMILES string of the molecule is O=C(/C=C/c1ccc(Cn2cc(-c3ccc(CN4CCCC4)cc3)nn2)cc1)NO. The molecular formula is C23H25N5O2. The maximum absolute atomic E-state index is 11.0. The number of rotatable bonds is 7. The first-order valence-corrected chi connectivity index (χ1v) is 10.1. The average Bonchev–Trinajstić information content (AvgIpc) is 3.46. The van der Waals surface area contributed by atoms with Crippen molar-refractivity contribution in [2.24, 2.45) is 0 Å². The van der Waals surface area contributed by atoms with Crippen molar-refractivity contribution in [3.63, 3.8) is 0 Å². The summed E-state index contributed by atoms with van der Waals surface area (Å²) in [5.74, 6) is -0.557. The summed E-state index contributed by atoms with van der Waals surface area (Å²) in [5.41, 5.74) is 6.77. The first kappa shape index (κ1) is 20.0. The number of hydrogen-bond acceptors (Lipinski definition) is 5. The van der Waals surface area contributed by atoms with Crippen LogP contribution in [0.1, 0.15) is 29.5 Å². The van der Waals surface area contributed by atoms with Crippen molar-refractivity contribution in [1.29, 1.82) is 0 Å². The fraction of sp³-hybridized carbons (Fsp3) is 0.261. The highest BCUT2D eigenvalue weighted by Gasteiger charge is 2.12. The maximum atomic E-state index is 11.0. The van der Waals surface area contributed by atoms with Gasteiger partial charge in [0.1, 0.15) is 5.69 Å². The van der Waals surface area contributed by atoms with Crippen molar-refractivity contribution in [2.75, 3.05) is 13.1 Å². The van der Waals surface area contributed by atoms with Crippen molar-refractivity contribution in [3.05, 3.63) is 77.5 Å². The van der Waals surface area contributed by atoms with Crippen LogP contribution in [-0.4, -0.2) is 44.1 Å². The molecule has 0 aliphatic carbocycles. The number of hydrogen-bond donors (Lipinski definition) is 2. The smallest absolute Gasteiger partial charge is 0.267 e. The van der Waals surface area contributed by atoms with Crippen molar-refractivity contribution in [3.8, 4) is 11.3 Å². The normalized spacial score (nSPS) is 14.4. The van der Waals surface area contributed by atoms with Crippen LogP contribution in [0.4, 0.5) is 0 Å². The Bertz CT molecular complexity index is 1000. The van der Waals surface area contributed by atoms with Crippen LogP contribution in [0.5, 0.6) is 0 Å². The fourth-order valence-electron chi connectivity index (χ4n) is 3.62. The Balaban J connectivity index is 1.36.